The summed E-state index contributed by atoms with van der Waals surface area (Å²) in [7, 11) is 0. The van der Waals surface area contributed by atoms with E-state index in [1.54, 1.807) is 37.3 Å². The molecule has 146 valence electrons. The number of rotatable bonds is 4. The average molecular weight is 408 g/mol. The zero-order valence-corrected chi connectivity index (χ0v) is 16.4. The summed E-state index contributed by atoms with van der Waals surface area (Å²) in [6.45, 7) is 1.23. The number of urea groups is 1. The van der Waals surface area contributed by atoms with Crippen LogP contribution in [0.15, 0.2) is 66.7 Å². The summed E-state index contributed by atoms with van der Waals surface area (Å²) < 4.78 is 0. The fourth-order valence-electron chi connectivity index (χ4n) is 3.43. The highest BCUT2D eigenvalue weighted by Crippen LogP contribution is 2.29. The van der Waals surface area contributed by atoms with Crippen molar-refractivity contribution in [2.24, 2.45) is 0 Å². The molecule has 4 amide bonds. The van der Waals surface area contributed by atoms with Gasteiger partial charge in [-0.3, -0.25) is 14.5 Å². The van der Waals surface area contributed by atoms with Gasteiger partial charge >= 0.3 is 6.03 Å². The van der Waals surface area contributed by atoms with Crippen LogP contribution in [0.1, 0.15) is 12.5 Å². The summed E-state index contributed by atoms with van der Waals surface area (Å²) in [6, 6.07) is 19.4. The lowest BCUT2D eigenvalue weighted by Gasteiger charge is -2.22. The first kappa shape index (κ1) is 19.0. The maximum Gasteiger partial charge on any atom is 0.325 e. The van der Waals surface area contributed by atoms with Gasteiger partial charge in [0.15, 0.2) is 0 Å². The number of carbonyl (C=O) groups excluding carboxylic acids is 3. The van der Waals surface area contributed by atoms with Crippen molar-refractivity contribution in [2.45, 2.75) is 12.5 Å². The quantitative estimate of drug-likeness (QED) is 0.644. The Morgan fingerprint density at radius 2 is 1.72 bits per heavy atom. The number of anilines is 1. The molecule has 2 N–H and O–H groups in total. The minimum Gasteiger partial charge on any atom is -0.325 e. The number of nitrogens with one attached hydrogen (secondary N) is 2. The van der Waals surface area contributed by atoms with Crippen LogP contribution in [0.25, 0.3) is 10.8 Å². The molecule has 0 aromatic heterocycles. The highest BCUT2D eigenvalue weighted by molar-refractivity contribution is 6.30. The molecule has 0 bridgehead atoms. The van der Waals surface area contributed by atoms with E-state index in [2.05, 4.69) is 10.6 Å². The number of hydrogen-bond donors (Lipinski definition) is 2. The maximum absolute atomic E-state index is 12.9. The van der Waals surface area contributed by atoms with Gasteiger partial charge in [0, 0.05) is 10.7 Å². The molecule has 3 aromatic rings. The molecular weight excluding hydrogens is 390 g/mol. The van der Waals surface area contributed by atoms with Gasteiger partial charge in [-0.1, -0.05) is 54.1 Å². The highest BCUT2D eigenvalue weighted by Gasteiger charge is 2.49. The molecule has 1 aliphatic heterocycles. The summed E-state index contributed by atoms with van der Waals surface area (Å²) in [6.07, 6.45) is 0. The van der Waals surface area contributed by atoms with E-state index in [4.69, 9.17) is 11.6 Å². The third kappa shape index (κ3) is 3.54. The molecule has 4 rings (SSSR count). The van der Waals surface area contributed by atoms with Crippen LogP contribution in [0.3, 0.4) is 0 Å². The summed E-state index contributed by atoms with van der Waals surface area (Å²) in [5.41, 5.74) is -0.0517. The Kier molecular flexibility index (Phi) is 4.72. The molecule has 1 saturated heterocycles. The number of halogens is 1. The molecule has 1 atom stereocenters. The van der Waals surface area contributed by atoms with E-state index in [0.29, 0.717) is 16.3 Å². The SMILES string of the molecule is CC1(c2ccc(Cl)cc2)NC(=O)N(CC(=O)Nc2ccc3ccccc3c2)C1=O. The van der Waals surface area contributed by atoms with Crippen molar-refractivity contribution >= 4 is 45.9 Å². The first-order valence-electron chi connectivity index (χ1n) is 9.06. The monoisotopic (exact) mass is 407 g/mol. The van der Waals surface area contributed by atoms with Crippen LogP contribution in [0.4, 0.5) is 10.5 Å². The Labute approximate surface area is 172 Å². The first-order valence-corrected chi connectivity index (χ1v) is 9.43. The van der Waals surface area contributed by atoms with Crippen LogP contribution >= 0.6 is 11.6 Å². The van der Waals surface area contributed by atoms with Crippen molar-refractivity contribution in [2.75, 3.05) is 11.9 Å². The van der Waals surface area contributed by atoms with E-state index in [9.17, 15) is 14.4 Å². The lowest BCUT2D eigenvalue weighted by Crippen LogP contribution is -2.42. The molecule has 0 aliphatic carbocycles. The molecule has 0 spiro atoms. The molecule has 1 fully saturated rings. The van der Waals surface area contributed by atoms with Crippen molar-refractivity contribution < 1.29 is 14.4 Å². The third-order valence-corrected chi connectivity index (χ3v) is 5.28. The van der Waals surface area contributed by atoms with Crippen LogP contribution in [0.5, 0.6) is 0 Å². The van der Waals surface area contributed by atoms with Crippen molar-refractivity contribution in [3.63, 3.8) is 0 Å². The van der Waals surface area contributed by atoms with Gasteiger partial charge in [0.2, 0.25) is 5.91 Å². The Morgan fingerprint density at radius 3 is 2.45 bits per heavy atom. The van der Waals surface area contributed by atoms with Gasteiger partial charge in [-0.15, -0.1) is 0 Å². The minimum atomic E-state index is -1.25. The Hall–Kier alpha value is -3.38. The second-order valence-corrected chi connectivity index (χ2v) is 7.50. The summed E-state index contributed by atoms with van der Waals surface area (Å²) in [5, 5.41) is 7.98. The van der Waals surface area contributed by atoms with Gasteiger partial charge in [-0.05, 0) is 47.5 Å². The topological polar surface area (TPSA) is 78.5 Å². The van der Waals surface area contributed by atoms with Gasteiger partial charge in [0.25, 0.3) is 5.91 Å². The molecule has 29 heavy (non-hydrogen) atoms. The van der Waals surface area contributed by atoms with Crippen LogP contribution in [0.2, 0.25) is 5.02 Å². The van der Waals surface area contributed by atoms with Crippen LogP contribution in [-0.2, 0) is 15.1 Å². The smallest absolute Gasteiger partial charge is 0.325 e. The fourth-order valence-corrected chi connectivity index (χ4v) is 3.56. The second-order valence-electron chi connectivity index (χ2n) is 7.06. The molecule has 1 heterocycles. The van der Waals surface area contributed by atoms with Crippen molar-refractivity contribution in [1.29, 1.82) is 0 Å². The third-order valence-electron chi connectivity index (χ3n) is 5.03. The summed E-state index contributed by atoms with van der Waals surface area (Å²) >= 11 is 5.90. The Morgan fingerprint density at radius 1 is 1.03 bits per heavy atom. The first-order chi connectivity index (χ1) is 13.9. The van der Waals surface area contributed by atoms with Crippen LogP contribution in [-0.4, -0.2) is 29.3 Å². The van der Waals surface area contributed by atoms with Gasteiger partial charge in [-0.25, -0.2) is 4.79 Å². The van der Waals surface area contributed by atoms with Gasteiger partial charge in [0.05, 0.1) is 0 Å². The van der Waals surface area contributed by atoms with E-state index in [1.807, 2.05) is 36.4 Å². The van der Waals surface area contributed by atoms with Crippen LogP contribution in [0, 0.1) is 0 Å². The number of carbonyl (C=O) groups is 3. The van der Waals surface area contributed by atoms with E-state index in [0.717, 1.165) is 15.7 Å². The molecule has 6 nitrogen and oxygen atoms in total. The largest absolute Gasteiger partial charge is 0.325 e. The van der Waals surface area contributed by atoms with E-state index in [-0.39, 0.29) is 6.54 Å². The van der Waals surface area contributed by atoms with Crippen LogP contribution < -0.4 is 10.6 Å². The Bertz CT molecular complexity index is 1130. The predicted octanol–water partition coefficient (Wildman–Crippen LogP) is 3.90. The van der Waals surface area contributed by atoms with Crippen molar-refractivity contribution in [1.82, 2.24) is 10.2 Å². The standard InChI is InChI=1S/C22H18ClN3O3/c1-22(16-7-9-17(23)10-8-16)20(28)26(21(29)25-22)13-19(27)24-18-11-6-14-4-2-3-5-15(14)12-18/h2-12H,13H2,1H3,(H,24,27)(H,25,29). The molecule has 7 heteroatoms. The zero-order chi connectivity index (χ0) is 20.6. The van der Waals surface area contributed by atoms with E-state index >= 15 is 0 Å². The van der Waals surface area contributed by atoms with Gasteiger partial charge < -0.3 is 10.6 Å². The number of fused-ring (bicyclic) bond motifs is 1. The number of benzene rings is 3. The average Bonchev–Trinajstić information content (AvgIpc) is 2.92. The molecule has 3 aromatic carbocycles. The number of imide groups is 1. The molecular formula is C22H18ClN3O3. The van der Waals surface area contributed by atoms with E-state index in [1.165, 1.54) is 0 Å². The van der Waals surface area contributed by atoms with Crippen molar-refractivity contribution in [3.05, 3.63) is 77.3 Å². The Balaban J connectivity index is 1.49. The zero-order valence-electron chi connectivity index (χ0n) is 15.6. The predicted molar refractivity (Wildman–Crippen MR) is 112 cm³/mol. The number of nitrogens with zero attached hydrogens (tertiary/aromatic N) is 1. The summed E-state index contributed by atoms with van der Waals surface area (Å²) in [5.74, 6) is -0.942. The molecule has 1 unspecified atom stereocenters. The van der Waals surface area contributed by atoms with Gasteiger partial charge in [0.1, 0.15) is 12.1 Å². The molecule has 1 aliphatic rings. The second kappa shape index (κ2) is 7.22. The fraction of sp³-hybridized carbons (Fsp3) is 0.136. The lowest BCUT2D eigenvalue weighted by atomic mass is 9.92. The van der Waals surface area contributed by atoms with E-state index < -0.39 is 23.4 Å². The normalized spacial score (nSPS) is 18.8. The number of hydrogen-bond acceptors (Lipinski definition) is 3. The van der Waals surface area contributed by atoms with Gasteiger partial charge in [-0.2, -0.15) is 0 Å². The summed E-state index contributed by atoms with van der Waals surface area (Å²) in [4.78, 5) is 38.7. The number of amides is 4. The lowest BCUT2D eigenvalue weighted by molar-refractivity contribution is -0.133. The van der Waals surface area contributed by atoms with Crippen molar-refractivity contribution in [3.8, 4) is 0 Å². The maximum atomic E-state index is 12.9. The minimum absolute atomic E-state index is 0.374. The highest BCUT2D eigenvalue weighted by atomic mass is 35.5. The molecule has 0 saturated carbocycles. The molecule has 0 radical (unpaired) electrons.